The van der Waals surface area contributed by atoms with Crippen LogP contribution in [0.15, 0.2) is 108 Å². The van der Waals surface area contributed by atoms with Gasteiger partial charge in [0.05, 0.1) is 22.7 Å². The quantitative estimate of drug-likeness (QED) is 0.159. The molecule has 0 aliphatic rings. The van der Waals surface area contributed by atoms with Crippen molar-refractivity contribution < 1.29 is 22.7 Å². The number of methoxy groups -OCH3 is 1. The van der Waals surface area contributed by atoms with Crippen LogP contribution in [0.1, 0.15) is 31.4 Å². The highest BCUT2D eigenvalue weighted by molar-refractivity contribution is 7.92. The van der Waals surface area contributed by atoms with Crippen molar-refractivity contribution in [2.24, 2.45) is 0 Å². The highest BCUT2D eigenvalue weighted by Crippen LogP contribution is 2.33. The summed E-state index contributed by atoms with van der Waals surface area (Å²) in [6.45, 7) is 3.22. The number of halogens is 2. The van der Waals surface area contributed by atoms with Crippen molar-refractivity contribution in [1.29, 1.82) is 0 Å². The third-order valence-electron chi connectivity index (χ3n) is 7.55. The second-order valence-electron chi connectivity index (χ2n) is 10.8. The number of carbonyl (C=O) groups is 2. The van der Waals surface area contributed by atoms with E-state index in [2.05, 4.69) is 5.32 Å². The van der Waals surface area contributed by atoms with Gasteiger partial charge < -0.3 is 15.0 Å². The molecule has 0 aromatic heterocycles. The normalized spacial score (nSPS) is 12.5. The van der Waals surface area contributed by atoms with Gasteiger partial charge >= 0.3 is 0 Å². The van der Waals surface area contributed by atoms with Crippen molar-refractivity contribution >= 4 is 50.7 Å². The first kappa shape index (κ1) is 34.8. The van der Waals surface area contributed by atoms with Crippen LogP contribution in [0.4, 0.5) is 5.69 Å². The summed E-state index contributed by atoms with van der Waals surface area (Å²) in [6, 6.07) is 27.6. The highest BCUT2D eigenvalue weighted by atomic mass is 35.5. The minimum absolute atomic E-state index is 0.00896. The second kappa shape index (κ2) is 16.0. The molecule has 0 spiro atoms. The molecular weight excluding hydrogens is 645 g/mol. The molecule has 0 heterocycles. The first-order chi connectivity index (χ1) is 22.0. The maximum absolute atomic E-state index is 14.6. The Kier molecular flexibility index (Phi) is 12.1. The summed E-state index contributed by atoms with van der Waals surface area (Å²) >= 11 is 12.7. The molecule has 0 saturated heterocycles. The summed E-state index contributed by atoms with van der Waals surface area (Å²) in [5.74, 6) is -0.375. The van der Waals surface area contributed by atoms with Gasteiger partial charge in [0.2, 0.25) is 11.8 Å². The molecule has 0 fully saturated rings. The standard InChI is InChI=1S/C35H37Cl2N3O5S/c1-4-25(2)38-35(42)33(21-26-12-7-5-8-13-26)39(23-27-14-11-15-29(20-27)45-3)34(41)24-40(32-19-18-28(36)22-31(32)37)46(43,44)30-16-9-6-10-17-30/h5-20,22,25,33H,4,21,23-24H2,1-3H3,(H,38,42). The van der Waals surface area contributed by atoms with Gasteiger partial charge in [0.1, 0.15) is 18.3 Å². The molecule has 2 amide bonds. The first-order valence-electron chi connectivity index (χ1n) is 14.8. The lowest BCUT2D eigenvalue weighted by molar-refractivity contribution is -0.140. The zero-order chi connectivity index (χ0) is 33.3. The van der Waals surface area contributed by atoms with E-state index >= 15 is 0 Å². The fraction of sp³-hybridized carbons (Fsp3) is 0.257. The maximum atomic E-state index is 14.6. The fourth-order valence-corrected chi connectivity index (χ4v) is 6.89. The van der Waals surface area contributed by atoms with Crippen molar-refractivity contribution in [2.45, 2.75) is 50.2 Å². The number of sulfonamides is 1. The summed E-state index contributed by atoms with van der Waals surface area (Å²) in [7, 11) is -2.75. The maximum Gasteiger partial charge on any atom is 0.264 e. The monoisotopic (exact) mass is 681 g/mol. The zero-order valence-corrected chi connectivity index (χ0v) is 28.2. The molecule has 1 N–H and O–H groups in total. The van der Waals surface area contributed by atoms with Gasteiger partial charge in [0, 0.05) is 24.0 Å². The second-order valence-corrected chi connectivity index (χ2v) is 13.5. The van der Waals surface area contributed by atoms with Crippen LogP contribution in [0.25, 0.3) is 0 Å². The van der Waals surface area contributed by atoms with Gasteiger partial charge in [-0.1, -0.05) is 90.8 Å². The number of rotatable bonds is 14. The number of hydrogen-bond acceptors (Lipinski definition) is 5. The highest BCUT2D eigenvalue weighted by Gasteiger charge is 2.35. The van der Waals surface area contributed by atoms with Crippen molar-refractivity contribution in [3.05, 3.63) is 124 Å². The molecule has 0 radical (unpaired) electrons. The topological polar surface area (TPSA) is 96.0 Å². The molecule has 4 aromatic rings. The number of nitrogens with one attached hydrogen (secondary N) is 1. The molecule has 0 aliphatic carbocycles. The molecule has 4 rings (SSSR count). The minimum Gasteiger partial charge on any atom is -0.497 e. The van der Waals surface area contributed by atoms with E-state index in [-0.39, 0.29) is 40.5 Å². The van der Waals surface area contributed by atoms with E-state index in [1.807, 2.05) is 50.2 Å². The van der Waals surface area contributed by atoms with Crippen LogP contribution in [0.2, 0.25) is 10.0 Å². The minimum atomic E-state index is -4.29. The summed E-state index contributed by atoms with van der Waals surface area (Å²) in [4.78, 5) is 29.9. The number of amides is 2. The van der Waals surface area contributed by atoms with Crippen LogP contribution in [0.3, 0.4) is 0 Å². The van der Waals surface area contributed by atoms with E-state index in [4.69, 9.17) is 27.9 Å². The van der Waals surface area contributed by atoms with E-state index in [0.29, 0.717) is 22.8 Å². The van der Waals surface area contributed by atoms with Gasteiger partial charge in [-0.05, 0) is 66.9 Å². The molecule has 0 aliphatic heterocycles. The van der Waals surface area contributed by atoms with Gasteiger partial charge in [0.25, 0.3) is 10.0 Å². The van der Waals surface area contributed by atoms with E-state index in [0.717, 1.165) is 9.87 Å². The average Bonchev–Trinajstić information content (AvgIpc) is 3.06. The van der Waals surface area contributed by atoms with Gasteiger partial charge in [0.15, 0.2) is 0 Å². The molecule has 11 heteroatoms. The number of benzene rings is 4. The van der Waals surface area contributed by atoms with Crippen LogP contribution in [0, 0.1) is 0 Å². The Balaban J connectivity index is 1.83. The Hall–Kier alpha value is -4.05. The molecule has 0 saturated carbocycles. The molecular formula is C35H37Cl2N3O5S. The van der Waals surface area contributed by atoms with Crippen LogP contribution in [-0.4, -0.2) is 50.9 Å². The third kappa shape index (κ3) is 8.81. The van der Waals surface area contributed by atoms with Crippen molar-refractivity contribution in [3.8, 4) is 5.75 Å². The summed E-state index contributed by atoms with van der Waals surface area (Å²) < 4.78 is 34.6. The predicted octanol–water partition coefficient (Wildman–Crippen LogP) is 6.75. The summed E-state index contributed by atoms with van der Waals surface area (Å²) in [5.41, 5.74) is 1.61. The number of carbonyl (C=O) groups excluding carboxylic acids is 2. The Labute approximate surface area is 280 Å². The van der Waals surface area contributed by atoms with Crippen LogP contribution in [0.5, 0.6) is 5.75 Å². The number of nitrogens with zero attached hydrogens (tertiary/aromatic N) is 2. The van der Waals surface area contributed by atoms with Crippen LogP contribution < -0.4 is 14.4 Å². The van der Waals surface area contributed by atoms with Crippen LogP contribution >= 0.6 is 23.2 Å². The molecule has 242 valence electrons. The Bertz CT molecular complexity index is 1740. The summed E-state index contributed by atoms with van der Waals surface area (Å²) in [5, 5.41) is 3.38. The number of ether oxygens (including phenoxy) is 1. The third-order valence-corrected chi connectivity index (χ3v) is 9.86. The smallest absolute Gasteiger partial charge is 0.264 e. The fourth-order valence-electron chi connectivity index (χ4n) is 4.88. The lowest BCUT2D eigenvalue weighted by Gasteiger charge is -2.34. The van der Waals surface area contributed by atoms with Gasteiger partial charge in [-0.25, -0.2) is 8.42 Å². The van der Waals surface area contributed by atoms with Gasteiger partial charge in [-0.3, -0.25) is 13.9 Å². The predicted molar refractivity (Wildman–Crippen MR) is 183 cm³/mol. The molecule has 2 atom stereocenters. The van der Waals surface area contributed by atoms with E-state index < -0.39 is 28.5 Å². The largest absolute Gasteiger partial charge is 0.497 e. The zero-order valence-electron chi connectivity index (χ0n) is 25.9. The van der Waals surface area contributed by atoms with E-state index in [9.17, 15) is 18.0 Å². The van der Waals surface area contributed by atoms with Gasteiger partial charge in [-0.2, -0.15) is 0 Å². The van der Waals surface area contributed by atoms with Crippen molar-refractivity contribution in [2.75, 3.05) is 18.0 Å². The van der Waals surface area contributed by atoms with Crippen LogP contribution in [-0.2, 0) is 32.6 Å². The first-order valence-corrected chi connectivity index (χ1v) is 17.0. The molecule has 8 nitrogen and oxygen atoms in total. The Morgan fingerprint density at radius 2 is 1.52 bits per heavy atom. The summed E-state index contributed by atoms with van der Waals surface area (Å²) in [6.07, 6.45) is 0.887. The molecule has 4 aromatic carbocycles. The lowest BCUT2D eigenvalue weighted by Crippen LogP contribution is -2.54. The van der Waals surface area contributed by atoms with E-state index in [1.54, 1.807) is 43.5 Å². The molecule has 0 bridgehead atoms. The Morgan fingerprint density at radius 1 is 0.870 bits per heavy atom. The molecule has 2 unspecified atom stereocenters. The number of hydrogen-bond donors (Lipinski definition) is 1. The van der Waals surface area contributed by atoms with Gasteiger partial charge in [-0.15, -0.1) is 0 Å². The number of anilines is 1. The Morgan fingerprint density at radius 3 is 2.15 bits per heavy atom. The average molecular weight is 683 g/mol. The lowest BCUT2D eigenvalue weighted by atomic mass is 10.0. The van der Waals surface area contributed by atoms with Crippen molar-refractivity contribution in [1.82, 2.24) is 10.2 Å². The van der Waals surface area contributed by atoms with E-state index in [1.165, 1.54) is 35.2 Å². The molecule has 46 heavy (non-hydrogen) atoms. The van der Waals surface area contributed by atoms with Crippen molar-refractivity contribution in [3.63, 3.8) is 0 Å². The SMILES string of the molecule is CCC(C)NC(=O)C(Cc1ccccc1)N(Cc1cccc(OC)c1)C(=O)CN(c1ccc(Cl)cc1Cl)S(=O)(=O)c1ccccc1.